The molecule has 1 aromatic rings. The molecule has 2 N–H and O–H groups in total. The van der Waals surface area contributed by atoms with Crippen molar-refractivity contribution in [2.24, 2.45) is 0 Å². The standard InChI is InChI=1S/C15H20Cl2N2O3.ClH/c1-10(20)19-9-15(21-2)8-18-5-6-22-14(15)11-3-4-12(16)13(17)7-11;/h3-4,7,14,18H,5-6,8-9H2,1-2H3,(H,19,20);1H. The van der Waals surface area contributed by atoms with Gasteiger partial charge in [-0.05, 0) is 17.7 Å². The minimum atomic E-state index is -0.723. The van der Waals surface area contributed by atoms with Crippen LogP contribution in [0.5, 0.6) is 0 Å². The lowest BCUT2D eigenvalue weighted by atomic mass is 9.90. The zero-order valence-corrected chi connectivity index (χ0v) is 15.4. The minimum absolute atomic E-state index is 0. The van der Waals surface area contributed by atoms with Crippen LogP contribution in [-0.4, -0.2) is 44.9 Å². The van der Waals surface area contributed by atoms with Crippen LogP contribution in [-0.2, 0) is 14.3 Å². The number of carbonyl (C=O) groups is 1. The third-order valence-electron chi connectivity index (χ3n) is 3.75. The lowest BCUT2D eigenvalue weighted by molar-refractivity contribution is -0.129. The van der Waals surface area contributed by atoms with Crippen molar-refractivity contribution in [1.29, 1.82) is 0 Å². The average Bonchev–Trinajstić information content (AvgIpc) is 2.71. The maximum absolute atomic E-state index is 11.3. The van der Waals surface area contributed by atoms with Gasteiger partial charge in [-0.2, -0.15) is 0 Å². The fraction of sp³-hybridized carbons (Fsp3) is 0.533. The van der Waals surface area contributed by atoms with Gasteiger partial charge >= 0.3 is 0 Å². The summed E-state index contributed by atoms with van der Waals surface area (Å²) >= 11 is 12.1. The van der Waals surface area contributed by atoms with Gasteiger partial charge in [0.1, 0.15) is 11.7 Å². The second-order valence-electron chi connectivity index (χ2n) is 5.28. The van der Waals surface area contributed by atoms with Gasteiger partial charge in [-0.25, -0.2) is 0 Å². The first-order valence-corrected chi connectivity index (χ1v) is 7.81. The molecule has 130 valence electrons. The summed E-state index contributed by atoms with van der Waals surface area (Å²) in [4.78, 5) is 11.3. The van der Waals surface area contributed by atoms with E-state index < -0.39 is 5.60 Å². The molecule has 1 aliphatic rings. The van der Waals surface area contributed by atoms with Crippen molar-refractivity contribution < 1.29 is 14.3 Å². The van der Waals surface area contributed by atoms with Crippen molar-refractivity contribution in [1.82, 2.24) is 10.6 Å². The highest BCUT2D eigenvalue weighted by atomic mass is 35.5. The number of halogens is 3. The summed E-state index contributed by atoms with van der Waals surface area (Å²) in [5.41, 5.74) is 0.143. The van der Waals surface area contributed by atoms with E-state index in [1.807, 2.05) is 6.07 Å². The van der Waals surface area contributed by atoms with Crippen LogP contribution in [0.2, 0.25) is 10.0 Å². The monoisotopic (exact) mass is 382 g/mol. The number of hydrogen-bond donors (Lipinski definition) is 2. The number of ether oxygens (including phenoxy) is 2. The normalized spacial score (nSPS) is 24.4. The van der Waals surface area contributed by atoms with E-state index in [4.69, 9.17) is 32.7 Å². The second kappa shape index (κ2) is 9.06. The molecule has 2 atom stereocenters. The average molecular weight is 384 g/mol. The van der Waals surface area contributed by atoms with Gasteiger partial charge in [-0.1, -0.05) is 29.3 Å². The summed E-state index contributed by atoms with van der Waals surface area (Å²) in [5.74, 6) is -0.117. The number of benzene rings is 1. The van der Waals surface area contributed by atoms with Gasteiger partial charge in [0, 0.05) is 27.1 Å². The maximum atomic E-state index is 11.3. The summed E-state index contributed by atoms with van der Waals surface area (Å²) in [7, 11) is 1.61. The van der Waals surface area contributed by atoms with E-state index >= 15 is 0 Å². The number of amides is 1. The first-order valence-electron chi connectivity index (χ1n) is 7.05. The first kappa shape index (κ1) is 20.5. The van der Waals surface area contributed by atoms with Crippen LogP contribution in [0.4, 0.5) is 0 Å². The smallest absolute Gasteiger partial charge is 0.216 e. The second-order valence-corrected chi connectivity index (χ2v) is 6.09. The van der Waals surface area contributed by atoms with Crippen LogP contribution < -0.4 is 10.6 Å². The molecule has 1 heterocycles. The Morgan fingerprint density at radius 1 is 1.48 bits per heavy atom. The van der Waals surface area contributed by atoms with E-state index in [0.717, 1.165) is 5.56 Å². The number of nitrogens with one attached hydrogen (secondary N) is 2. The zero-order chi connectivity index (χ0) is 16.2. The molecule has 1 aromatic carbocycles. The zero-order valence-electron chi connectivity index (χ0n) is 13.0. The Bertz CT molecular complexity index is 545. The molecule has 1 aliphatic heterocycles. The molecule has 0 saturated carbocycles. The number of hydrogen-bond acceptors (Lipinski definition) is 4. The van der Waals surface area contributed by atoms with Gasteiger partial charge < -0.3 is 20.1 Å². The van der Waals surface area contributed by atoms with Gasteiger partial charge in [0.05, 0.1) is 23.2 Å². The Hall–Kier alpha value is -0.560. The molecule has 2 rings (SSSR count). The topological polar surface area (TPSA) is 59.6 Å². The Morgan fingerprint density at radius 2 is 2.22 bits per heavy atom. The van der Waals surface area contributed by atoms with Crippen molar-refractivity contribution in [3.63, 3.8) is 0 Å². The summed E-state index contributed by atoms with van der Waals surface area (Å²) in [6.07, 6.45) is -0.367. The molecule has 8 heteroatoms. The predicted octanol–water partition coefficient (Wildman–Crippen LogP) is 2.60. The highest BCUT2D eigenvalue weighted by molar-refractivity contribution is 6.42. The molecule has 0 aliphatic carbocycles. The molecule has 2 unspecified atom stereocenters. The van der Waals surface area contributed by atoms with Gasteiger partial charge in [0.15, 0.2) is 0 Å². The van der Waals surface area contributed by atoms with Crippen molar-refractivity contribution in [3.8, 4) is 0 Å². The lowest BCUT2D eigenvalue weighted by Crippen LogP contribution is -2.53. The van der Waals surface area contributed by atoms with E-state index in [1.165, 1.54) is 6.92 Å². The largest absolute Gasteiger partial charge is 0.372 e. The van der Waals surface area contributed by atoms with Crippen molar-refractivity contribution in [3.05, 3.63) is 33.8 Å². The molecule has 1 fully saturated rings. The Kier molecular flexibility index (Phi) is 8.07. The van der Waals surface area contributed by atoms with Crippen LogP contribution in [0, 0.1) is 0 Å². The summed E-state index contributed by atoms with van der Waals surface area (Å²) in [6.45, 7) is 3.60. The molecule has 0 radical (unpaired) electrons. The maximum Gasteiger partial charge on any atom is 0.216 e. The quantitative estimate of drug-likeness (QED) is 0.839. The summed E-state index contributed by atoms with van der Waals surface area (Å²) < 4.78 is 11.8. The van der Waals surface area contributed by atoms with Crippen LogP contribution in [0.25, 0.3) is 0 Å². The fourth-order valence-electron chi connectivity index (χ4n) is 2.55. The minimum Gasteiger partial charge on any atom is -0.372 e. The third kappa shape index (κ3) is 4.95. The van der Waals surface area contributed by atoms with E-state index in [1.54, 1.807) is 19.2 Å². The SMILES string of the molecule is COC1(CNC(C)=O)CNCCOC1c1ccc(Cl)c(Cl)c1.Cl. The van der Waals surface area contributed by atoms with E-state index in [-0.39, 0.29) is 24.4 Å². The van der Waals surface area contributed by atoms with Crippen molar-refractivity contribution in [2.45, 2.75) is 18.6 Å². The van der Waals surface area contributed by atoms with Crippen LogP contribution in [0.1, 0.15) is 18.6 Å². The molecule has 1 saturated heterocycles. The highest BCUT2D eigenvalue weighted by Gasteiger charge is 2.42. The molecular weight excluding hydrogens is 363 g/mol. The molecule has 1 amide bonds. The highest BCUT2D eigenvalue weighted by Crippen LogP contribution is 2.36. The Labute approximate surface area is 152 Å². The van der Waals surface area contributed by atoms with Crippen LogP contribution in [0.15, 0.2) is 18.2 Å². The summed E-state index contributed by atoms with van der Waals surface area (Å²) in [5, 5.41) is 7.05. The van der Waals surface area contributed by atoms with Crippen molar-refractivity contribution in [2.75, 3.05) is 33.4 Å². The molecule has 0 spiro atoms. The van der Waals surface area contributed by atoms with Crippen LogP contribution in [0.3, 0.4) is 0 Å². The number of carbonyl (C=O) groups excluding carboxylic acids is 1. The molecule has 23 heavy (non-hydrogen) atoms. The Balaban J connectivity index is 0.00000264. The van der Waals surface area contributed by atoms with Crippen LogP contribution >= 0.6 is 35.6 Å². The number of methoxy groups -OCH3 is 1. The van der Waals surface area contributed by atoms with E-state index in [0.29, 0.717) is 36.3 Å². The van der Waals surface area contributed by atoms with Gasteiger partial charge in [0.25, 0.3) is 0 Å². The number of rotatable bonds is 4. The van der Waals surface area contributed by atoms with Crippen molar-refractivity contribution >= 4 is 41.5 Å². The van der Waals surface area contributed by atoms with Gasteiger partial charge in [-0.3, -0.25) is 4.79 Å². The molecular formula is C15H21Cl3N2O3. The third-order valence-corrected chi connectivity index (χ3v) is 4.49. The van der Waals surface area contributed by atoms with E-state index in [2.05, 4.69) is 10.6 Å². The predicted molar refractivity (Wildman–Crippen MR) is 93.7 cm³/mol. The summed E-state index contributed by atoms with van der Waals surface area (Å²) in [6, 6.07) is 5.38. The van der Waals surface area contributed by atoms with E-state index in [9.17, 15) is 4.79 Å². The first-order chi connectivity index (χ1) is 10.5. The molecule has 0 bridgehead atoms. The van der Waals surface area contributed by atoms with Gasteiger partial charge in [0.2, 0.25) is 5.91 Å². The van der Waals surface area contributed by atoms with Gasteiger partial charge in [-0.15, -0.1) is 12.4 Å². The fourth-order valence-corrected chi connectivity index (χ4v) is 2.86. The Morgan fingerprint density at radius 3 is 2.83 bits per heavy atom. The lowest BCUT2D eigenvalue weighted by Gasteiger charge is -2.38. The molecule has 5 nitrogen and oxygen atoms in total. The molecule has 0 aromatic heterocycles.